The van der Waals surface area contributed by atoms with Crippen molar-refractivity contribution in [1.82, 2.24) is 0 Å². The molecule has 1 N–H and O–H groups in total. The molecule has 0 saturated carbocycles. The molecular weight excluding hydrogens is 326 g/mol. The molecule has 1 aliphatic carbocycles. The zero-order chi connectivity index (χ0) is 18.6. The highest BCUT2D eigenvalue weighted by Gasteiger charge is 2.05. The number of benzene rings is 3. The SMILES string of the molecule is Cc1cc(C)cc(Nc2cccc(-c3cccc(C4=CCCC=C4)c3)c2)c1. The fourth-order valence-electron chi connectivity index (χ4n) is 3.70. The number of aryl methyl sites for hydroxylation is 2. The molecule has 134 valence electrons. The summed E-state index contributed by atoms with van der Waals surface area (Å²) in [5.74, 6) is 0. The number of rotatable bonds is 4. The quantitative estimate of drug-likeness (QED) is 0.515. The van der Waals surface area contributed by atoms with Crippen molar-refractivity contribution >= 4 is 16.9 Å². The summed E-state index contributed by atoms with van der Waals surface area (Å²) >= 11 is 0. The lowest BCUT2D eigenvalue weighted by atomic mass is 9.96. The number of hydrogen-bond donors (Lipinski definition) is 1. The molecule has 3 aromatic rings. The van der Waals surface area contributed by atoms with Gasteiger partial charge in [-0.15, -0.1) is 0 Å². The Morgan fingerprint density at radius 2 is 1.37 bits per heavy atom. The molecule has 1 heteroatoms. The molecule has 0 amide bonds. The monoisotopic (exact) mass is 351 g/mol. The first kappa shape index (κ1) is 17.4. The second-order valence-electron chi connectivity index (χ2n) is 7.30. The van der Waals surface area contributed by atoms with Crippen LogP contribution in [0.15, 0.2) is 85.0 Å². The summed E-state index contributed by atoms with van der Waals surface area (Å²) in [6.45, 7) is 4.27. The first-order chi connectivity index (χ1) is 13.2. The number of nitrogens with one attached hydrogen (secondary N) is 1. The Kier molecular flexibility index (Phi) is 4.93. The minimum Gasteiger partial charge on any atom is -0.355 e. The molecule has 0 spiro atoms. The summed E-state index contributed by atoms with van der Waals surface area (Å²) in [5, 5.41) is 3.55. The summed E-state index contributed by atoms with van der Waals surface area (Å²) in [5.41, 5.74) is 9.88. The predicted molar refractivity (Wildman–Crippen MR) is 117 cm³/mol. The number of anilines is 2. The molecule has 1 nitrogen and oxygen atoms in total. The van der Waals surface area contributed by atoms with Gasteiger partial charge >= 0.3 is 0 Å². The minimum atomic E-state index is 1.11. The molecule has 0 aromatic heterocycles. The van der Waals surface area contributed by atoms with Crippen molar-refractivity contribution in [3.63, 3.8) is 0 Å². The van der Waals surface area contributed by atoms with Crippen molar-refractivity contribution in [2.24, 2.45) is 0 Å². The lowest BCUT2D eigenvalue weighted by Crippen LogP contribution is -1.92. The normalized spacial score (nSPS) is 13.3. The third-order valence-corrected chi connectivity index (χ3v) is 4.90. The van der Waals surface area contributed by atoms with E-state index in [9.17, 15) is 0 Å². The molecule has 1 aliphatic rings. The number of allylic oxidation sites excluding steroid dienone is 4. The summed E-state index contributed by atoms with van der Waals surface area (Å²) in [6.07, 6.45) is 9.11. The van der Waals surface area contributed by atoms with Crippen molar-refractivity contribution < 1.29 is 0 Å². The largest absolute Gasteiger partial charge is 0.355 e. The van der Waals surface area contributed by atoms with Crippen molar-refractivity contribution in [3.8, 4) is 11.1 Å². The van der Waals surface area contributed by atoms with Gasteiger partial charge in [-0.05, 0) is 90.4 Å². The first-order valence-electron chi connectivity index (χ1n) is 9.60. The van der Waals surface area contributed by atoms with Gasteiger partial charge < -0.3 is 5.32 Å². The van der Waals surface area contributed by atoms with Crippen LogP contribution in [0, 0.1) is 13.8 Å². The average molecular weight is 351 g/mol. The molecule has 0 bridgehead atoms. The van der Waals surface area contributed by atoms with Gasteiger partial charge in [0, 0.05) is 11.4 Å². The summed E-state index contributed by atoms with van der Waals surface area (Å²) < 4.78 is 0. The van der Waals surface area contributed by atoms with Gasteiger partial charge in [0.05, 0.1) is 0 Å². The lowest BCUT2D eigenvalue weighted by Gasteiger charge is -2.12. The summed E-state index contributed by atoms with van der Waals surface area (Å²) in [4.78, 5) is 0. The van der Waals surface area contributed by atoms with Crippen LogP contribution in [0.4, 0.5) is 11.4 Å². The van der Waals surface area contributed by atoms with Crippen LogP contribution in [0.1, 0.15) is 29.5 Å². The minimum absolute atomic E-state index is 1.11. The third kappa shape index (κ3) is 4.20. The fourth-order valence-corrected chi connectivity index (χ4v) is 3.70. The Morgan fingerprint density at radius 3 is 2.11 bits per heavy atom. The van der Waals surface area contributed by atoms with Gasteiger partial charge in [-0.2, -0.15) is 0 Å². The van der Waals surface area contributed by atoms with Gasteiger partial charge in [0.15, 0.2) is 0 Å². The van der Waals surface area contributed by atoms with Crippen molar-refractivity contribution in [3.05, 3.63) is 102 Å². The molecule has 0 aliphatic heterocycles. The molecule has 0 saturated heterocycles. The highest BCUT2D eigenvalue weighted by molar-refractivity contribution is 5.79. The van der Waals surface area contributed by atoms with E-state index in [0.717, 1.165) is 24.2 Å². The van der Waals surface area contributed by atoms with Gasteiger partial charge in [0.25, 0.3) is 0 Å². The van der Waals surface area contributed by atoms with Crippen LogP contribution in [-0.4, -0.2) is 0 Å². The maximum atomic E-state index is 3.55. The van der Waals surface area contributed by atoms with Crippen LogP contribution in [-0.2, 0) is 0 Å². The standard InChI is InChI=1S/C26H25N/c1-19-14-20(2)16-26(15-19)27-25-13-7-12-24(18-25)23-11-6-10-22(17-23)21-8-4-3-5-9-21/h4,6-18,27H,3,5H2,1-2H3. The zero-order valence-electron chi connectivity index (χ0n) is 16.0. The molecule has 3 aromatic carbocycles. The average Bonchev–Trinajstić information content (AvgIpc) is 2.68. The van der Waals surface area contributed by atoms with Crippen LogP contribution >= 0.6 is 0 Å². The van der Waals surface area contributed by atoms with Gasteiger partial charge in [-0.3, -0.25) is 0 Å². The van der Waals surface area contributed by atoms with E-state index in [-0.39, 0.29) is 0 Å². The third-order valence-electron chi connectivity index (χ3n) is 4.90. The summed E-state index contributed by atoms with van der Waals surface area (Å²) in [6, 6.07) is 24.0. The van der Waals surface area contributed by atoms with Gasteiger partial charge in [0.1, 0.15) is 0 Å². The van der Waals surface area contributed by atoms with Crippen molar-refractivity contribution in [1.29, 1.82) is 0 Å². The molecule has 0 fully saturated rings. The predicted octanol–water partition coefficient (Wildman–Crippen LogP) is 7.45. The van der Waals surface area contributed by atoms with Crippen LogP contribution < -0.4 is 5.32 Å². The van der Waals surface area contributed by atoms with Crippen LogP contribution in [0.3, 0.4) is 0 Å². The molecule has 0 atom stereocenters. The number of hydrogen-bond acceptors (Lipinski definition) is 1. The molecular formula is C26H25N. The Bertz CT molecular complexity index is 1000. The van der Waals surface area contributed by atoms with E-state index >= 15 is 0 Å². The van der Waals surface area contributed by atoms with E-state index in [1.165, 1.54) is 33.4 Å². The van der Waals surface area contributed by atoms with E-state index in [0.29, 0.717) is 0 Å². The second kappa shape index (κ2) is 7.67. The molecule has 0 radical (unpaired) electrons. The van der Waals surface area contributed by atoms with Gasteiger partial charge in [-0.25, -0.2) is 0 Å². The van der Waals surface area contributed by atoms with Gasteiger partial charge in [-0.1, -0.05) is 54.6 Å². The van der Waals surface area contributed by atoms with Crippen LogP contribution in [0.5, 0.6) is 0 Å². The van der Waals surface area contributed by atoms with E-state index in [1.54, 1.807) is 0 Å². The van der Waals surface area contributed by atoms with E-state index < -0.39 is 0 Å². The van der Waals surface area contributed by atoms with Crippen LogP contribution in [0.25, 0.3) is 16.7 Å². The molecule has 0 unspecified atom stereocenters. The Balaban J connectivity index is 1.62. The van der Waals surface area contributed by atoms with Gasteiger partial charge in [0.2, 0.25) is 0 Å². The highest BCUT2D eigenvalue weighted by Crippen LogP contribution is 2.29. The summed E-state index contributed by atoms with van der Waals surface area (Å²) in [7, 11) is 0. The highest BCUT2D eigenvalue weighted by atomic mass is 14.9. The Labute approximate surface area is 162 Å². The second-order valence-corrected chi connectivity index (χ2v) is 7.30. The Hall–Kier alpha value is -3.06. The molecule has 27 heavy (non-hydrogen) atoms. The molecule has 0 heterocycles. The maximum Gasteiger partial charge on any atom is 0.0390 e. The van der Waals surface area contributed by atoms with E-state index in [2.05, 4.69) is 104 Å². The first-order valence-corrected chi connectivity index (χ1v) is 9.60. The Morgan fingerprint density at radius 1 is 0.667 bits per heavy atom. The smallest absolute Gasteiger partial charge is 0.0390 e. The maximum absolute atomic E-state index is 3.55. The molecule has 4 rings (SSSR count). The zero-order valence-corrected chi connectivity index (χ0v) is 16.0. The topological polar surface area (TPSA) is 12.0 Å². The van der Waals surface area contributed by atoms with Crippen LogP contribution in [0.2, 0.25) is 0 Å². The van der Waals surface area contributed by atoms with Crippen molar-refractivity contribution in [2.45, 2.75) is 26.7 Å². The van der Waals surface area contributed by atoms with Crippen molar-refractivity contribution in [2.75, 3.05) is 5.32 Å². The fraction of sp³-hybridized carbons (Fsp3) is 0.154. The van der Waals surface area contributed by atoms with E-state index in [4.69, 9.17) is 0 Å². The lowest BCUT2D eigenvalue weighted by molar-refractivity contribution is 1.04. The van der Waals surface area contributed by atoms with E-state index in [1.807, 2.05) is 0 Å².